The molecule has 0 saturated carbocycles. The van der Waals surface area contributed by atoms with Gasteiger partial charge in [-0.25, -0.2) is 0 Å². The molecule has 0 atom stereocenters. The Morgan fingerprint density at radius 2 is 1.38 bits per heavy atom. The third-order valence-corrected chi connectivity index (χ3v) is 0.409. The monoisotopic (exact) mass is 121 g/mol. The molecule has 0 N–H and O–H groups in total. The Bertz CT molecular complexity index is 84.5. The fourth-order valence-electron chi connectivity index (χ4n) is 0.205. The van der Waals surface area contributed by atoms with Crippen LogP contribution in [0.1, 0.15) is 0 Å². The third kappa shape index (κ3) is 3.08. The summed E-state index contributed by atoms with van der Waals surface area (Å²) in [4.78, 5) is 0. The molecule has 8 heavy (non-hydrogen) atoms. The standard InChI is InChI=1S/C3H3N3.2FH/c1-2-4-6-5-3-1;;/h1-3H;2*1H. The highest BCUT2D eigenvalue weighted by atomic mass is 19.0. The minimum Gasteiger partial charge on any atom is -0.269 e. The molecule has 46 valence electrons. The molecule has 1 aromatic heterocycles. The summed E-state index contributed by atoms with van der Waals surface area (Å²) in [5.41, 5.74) is 0. The zero-order valence-electron chi connectivity index (χ0n) is 3.89. The second-order valence-corrected chi connectivity index (χ2v) is 0.811. The fraction of sp³-hybridized carbons (Fsp3) is 0. The van der Waals surface area contributed by atoms with Crippen LogP contribution < -0.4 is 0 Å². The summed E-state index contributed by atoms with van der Waals surface area (Å²) in [5, 5.41) is 10.1. The van der Waals surface area contributed by atoms with E-state index in [2.05, 4.69) is 15.4 Å². The highest BCUT2D eigenvalue weighted by molar-refractivity contribution is 4.69. The van der Waals surface area contributed by atoms with Crippen LogP contribution in [0.3, 0.4) is 0 Å². The number of hydrogen-bond donors (Lipinski definition) is 0. The van der Waals surface area contributed by atoms with Gasteiger partial charge in [-0.3, -0.25) is 9.41 Å². The largest absolute Gasteiger partial charge is 0.269 e. The molecule has 0 aromatic carbocycles. The zero-order chi connectivity index (χ0) is 4.24. The lowest BCUT2D eigenvalue weighted by Gasteiger charge is -1.68. The molecule has 5 heteroatoms. The lowest BCUT2D eigenvalue weighted by atomic mass is 10.7. The highest BCUT2D eigenvalue weighted by Gasteiger charge is 1.60. The molecule has 0 aliphatic rings. The molecular weight excluding hydrogens is 116 g/mol. The first kappa shape index (κ1) is 9.98. The van der Waals surface area contributed by atoms with E-state index in [4.69, 9.17) is 0 Å². The van der Waals surface area contributed by atoms with Gasteiger partial charge in [-0.2, -0.15) is 0 Å². The number of rotatable bonds is 0. The molecule has 0 aliphatic carbocycles. The average molecular weight is 121 g/mol. The summed E-state index contributed by atoms with van der Waals surface area (Å²) < 4.78 is 0. The summed E-state index contributed by atoms with van der Waals surface area (Å²) in [6.45, 7) is 0. The number of nitrogens with zero attached hydrogens (tertiary/aromatic N) is 3. The number of hydrogen-bond acceptors (Lipinski definition) is 3. The van der Waals surface area contributed by atoms with Crippen molar-refractivity contribution in [2.24, 2.45) is 0 Å². The maximum atomic E-state index is 3.42. The molecule has 1 rings (SSSR count). The van der Waals surface area contributed by atoms with E-state index in [0.717, 1.165) is 0 Å². The van der Waals surface area contributed by atoms with Crippen LogP contribution >= 0.6 is 0 Å². The van der Waals surface area contributed by atoms with Gasteiger partial charge < -0.3 is 0 Å². The van der Waals surface area contributed by atoms with Crippen LogP contribution in [0.5, 0.6) is 0 Å². The quantitative estimate of drug-likeness (QED) is 0.491. The molecule has 1 aromatic rings. The third-order valence-electron chi connectivity index (χ3n) is 0.409. The minimum absolute atomic E-state index is 0. The Labute approximate surface area is 44.5 Å². The van der Waals surface area contributed by atoms with Crippen molar-refractivity contribution in [1.29, 1.82) is 0 Å². The lowest BCUT2D eigenvalue weighted by molar-refractivity contribution is 0.865. The summed E-state index contributed by atoms with van der Waals surface area (Å²) in [7, 11) is 0. The van der Waals surface area contributed by atoms with Crippen molar-refractivity contribution in [3.05, 3.63) is 18.5 Å². The van der Waals surface area contributed by atoms with Crippen LogP contribution in [0.15, 0.2) is 18.5 Å². The molecule has 1 heterocycles. The summed E-state index contributed by atoms with van der Waals surface area (Å²) in [6, 6.07) is 1.72. The second-order valence-electron chi connectivity index (χ2n) is 0.811. The molecule has 0 spiro atoms. The van der Waals surface area contributed by atoms with Crippen molar-refractivity contribution in [2.75, 3.05) is 0 Å². The molecule has 0 unspecified atom stereocenters. The van der Waals surface area contributed by atoms with E-state index in [1.54, 1.807) is 18.5 Å². The number of halogens is 2. The lowest BCUT2D eigenvalue weighted by Crippen LogP contribution is -1.78. The van der Waals surface area contributed by atoms with Crippen molar-refractivity contribution in [3.8, 4) is 0 Å². The van der Waals surface area contributed by atoms with Crippen molar-refractivity contribution in [1.82, 2.24) is 15.4 Å². The van der Waals surface area contributed by atoms with Crippen LogP contribution in [0.25, 0.3) is 0 Å². The Kier molecular flexibility index (Phi) is 7.32. The molecular formula is C3H5F2N3. The van der Waals surface area contributed by atoms with Crippen molar-refractivity contribution >= 4 is 0 Å². The van der Waals surface area contributed by atoms with Gasteiger partial charge in [-0.1, -0.05) is 0 Å². The summed E-state index contributed by atoms with van der Waals surface area (Å²) in [5.74, 6) is 0. The van der Waals surface area contributed by atoms with E-state index >= 15 is 0 Å². The van der Waals surface area contributed by atoms with E-state index in [9.17, 15) is 0 Å². The van der Waals surface area contributed by atoms with Crippen LogP contribution in [0.2, 0.25) is 0 Å². The minimum atomic E-state index is 0. The first-order chi connectivity index (χ1) is 3.00. The van der Waals surface area contributed by atoms with Crippen LogP contribution in [-0.2, 0) is 0 Å². The van der Waals surface area contributed by atoms with E-state index < -0.39 is 0 Å². The molecule has 0 aliphatic heterocycles. The molecule has 0 saturated heterocycles. The van der Waals surface area contributed by atoms with Gasteiger partial charge in [-0.15, -0.1) is 10.2 Å². The second kappa shape index (κ2) is 5.87. The van der Waals surface area contributed by atoms with E-state index in [1.807, 2.05) is 0 Å². The van der Waals surface area contributed by atoms with Gasteiger partial charge >= 0.3 is 0 Å². The SMILES string of the molecule is F.F.c1cnnnc1. The van der Waals surface area contributed by atoms with Crippen LogP contribution in [0.4, 0.5) is 9.41 Å². The topological polar surface area (TPSA) is 38.7 Å². The Hall–Kier alpha value is -1.13. The van der Waals surface area contributed by atoms with Crippen LogP contribution in [0, 0.1) is 0 Å². The first-order valence-electron chi connectivity index (χ1n) is 1.58. The molecule has 0 amide bonds. The zero-order valence-corrected chi connectivity index (χ0v) is 3.89. The van der Waals surface area contributed by atoms with Crippen molar-refractivity contribution < 1.29 is 9.41 Å². The molecule has 0 fully saturated rings. The average Bonchev–Trinajstić information content (AvgIpc) is 1.72. The van der Waals surface area contributed by atoms with E-state index in [-0.39, 0.29) is 9.41 Å². The summed E-state index contributed by atoms with van der Waals surface area (Å²) >= 11 is 0. The van der Waals surface area contributed by atoms with Gasteiger partial charge in [0, 0.05) is 0 Å². The fourth-order valence-corrected chi connectivity index (χ4v) is 0.205. The van der Waals surface area contributed by atoms with Gasteiger partial charge in [0.05, 0.1) is 12.4 Å². The van der Waals surface area contributed by atoms with Crippen LogP contribution in [-0.4, -0.2) is 15.4 Å². The van der Waals surface area contributed by atoms with Gasteiger partial charge in [0.1, 0.15) is 0 Å². The Balaban J connectivity index is 0. The Morgan fingerprint density at radius 1 is 0.875 bits per heavy atom. The van der Waals surface area contributed by atoms with Gasteiger partial charge in [0.25, 0.3) is 0 Å². The molecule has 3 nitrogen and oxygen atoms in total. The Morgan fingerprint density at radius 3 is 1.50 bits per heavy atom. The van der Waals surface area contributed by atoms with E-state index in [1.165, 1.54) is 0 Å². The highest BCUT2D eigenvalue weighted by Crippen LogP contribution is 1.61. The maximum Gasteiger partial charge on any atom is 0.0529 e. The normalized spacial score (nSPS) is 6.00. The van der Waals surface area contributed by atoms with Crippen molar-refractivity contribution in [2.45, 2.75) is 0 Å². The number of aromatic nitrogens is 3. The van der Waals surface area contributed by atoms with Gasteiger partial charge in [-0.05, 0) is 11.3 Å². The predicted molar refractivity (Wildman–Crippen MR) is 24.8 cm³/mol. The van der Waals surface area contributed by atoms with Gasteiger partial charge in [0.2, 0.25) is 0 Å². The molecule has 0 radical (unpaired) electrons. The maximum absolute atomic E-state index is 3.42. The first-order valence-corrected chi connectivity index (χ1v) is 1.58. The van der Waals surface area contributed by atoms with Crippen molar-refractivity contribution in [3.63, 3.8) is 0 Å². The predicted octanol–water partition coefficient (Wildman–Crippen LogP) is 0.177. The summed E-state index contributed by atoms with van der Waals surface area (Å²) in [6.07, 6.45) is 3.15. The van der Waals surface area contributed by atoms with Gasteiger partial charge in [0.15, 0.2) is 0 Å². The molecule has 0 bridgehead atoms. The van der Waals surface area contributed by atoms with E-state index in [0.29, 0.717) is 0 Å². The smallest absolute Gasteiger partial charge is 0.0529 e.